The van der Waals surface area contributed by atoms with E-state index in [1.165, 1.54) is 0 Å². The maximum absolute atomic E-state index is 11.5. The van der Waals surface area contributed by atoms with Crippen molar-refractivity contribution in [2.75, 3.05) is 11.9 Å². The summed E-state index contributed by atoms with van der Waals surface area (Å²) in [6.07, 6.45) is -2.45. The fraction of sp³-hybridized carbons (Fsp3) is 0.500. The minimum atomic E-state index is -1.07. The lowest BCUT2D eigenvalue weighted by Gasteiger charge is -2.21. The van der Waals surface area contributed by atoms with Gasteiger partial charge in [-0.25, -0.2) is 4.79 Å². The Morgan fingerprint density at radius 3 is 2.38 bits per heavy atom. The number of carbonyl (C=O) groups excluding carboxylic acids is 1. The highest BCUT2D eigenvalue weighted by Crippen LogP contribution is 2.20. The zero-order chi connectivity index (χ0) is 18.3. The highest BCUT2D eigenvalue weighted by atomic mass is 32.1. The van der Waals surface area contributed by atoms with E-state index in [0.29, 0.717) is 11.3 Å². The van der Waals surface area contributed by atoms with Crippen LogP contribution in [0, 0.1) is 0 Å². The van der Waals surface area contributed by atoms with Gasteiger partial charge in [-0.3, -0.25) is 0 Å². The molecule has 0 saturated carbocycles. The lowest BCUT2D eigenvalue weighted by Crippen LogP contribution is -2.34. The summed E-state index contributed by atoms with van der Waals surface area (Å²) in [5.74, 6) is 0. The Kier molecular flexibility index (Phi) is 7.40. The van der Waals surface area contributed by atoms with Gasteiger partial charge < -0.3 is 31.3 Å². The van der Waals surface area contributed by atoms with Crippen molar-refractivity contribution in [3.8, 4) is 0 Å². The van der Waals surface area contributed by atoms with Crippen LogP contribution in [0.25, 0.3) is 0 Å². The standard InChI is InChI=1S/C16H25N3O4S/c1-16(2,3)23-15(22)18-9-8-12(20)13(21)10-4-6-11(7-5-10)19-14(17)24/h4-7,12-13,20-21H,8-9H2,1-3H3,(H,18,22)(H3,17,19,24). The number of rotatable bonds is 6. The summed E-state index contributed by atoms with van der Waals surface area (Å²) in [4.78, 5) is 11.5. The van der Waals surface area contributed by atoms with Crippen LogP contribution in [0.15, 0.2) is 24.3 Å². The molecule has 0 radical (unpaired) electrons. The number of benzene rings is 1. The molecule has 1 rings (SSSR count). The molecular formula is C16H25N3O4S. The normalized spacial score (nSPS) is 13.7. The zero-order valence-corrected chi connectivity index (χ0v) is 14.9. The summed E-state index contributed by atoms with van der Waals surface area (Å²) >= 11 is 4.74. The van der Waals surface area contributed by atoms with Crippen molar-refractivity contribution in [1.82, 2.24) is 5.32 Å². The lowest BCUT2D eigenvalue weighted by atomic mass is 10.0. The Morgan fingerprint density at radius 2 is 1.88 bits per heavy atom. The monoisotopic (exact) mass is 355 g/mol. The Hall–Kier alpha value is -1.90. The molecule has 7 nitrogen and oxygen atoms in total. The quantitative estimate of drug-likeness (QED) is 0.493. The SMILES string of the molecule is CC(C)(C)OC(=O)NCCC(O)C(O)c1ccc(NC(N)=S)cc1. The Morgan fingerprint density at radius 1 is 1.29 bits per heavy atom. The number of anilines is 1. The van der Waals surface area contributed by atoms with E-state index in [4.69, 9.17) is 22.7 Å². The van der Waals surface area contributed by atoms with E-state index in [-0.39, 0.29) is 18.1 Å². The second kappa shape index (κ2) is 8.81. The van der Waals surface area contributed by atoms with Crippen molar-refractivity contribution >= 4 is 29.1 Å². The first-order chi connectivity index (χ1) is 11.1. The van der Waals surface area contributed by atoms with E-state index in [1.807, 2.05) is 0 Å². The maximum Gasteiger partial charge on any atom is 0.407 e. The van der Waals surface area contributed by atoms with Crippen LogP contribution in [0.5, 0.6) is 0 Å². The fourth-order valence-corrected chi connectivity index (χ4v) is 2.04. The van der Waals surface area contributed by atoms with Crippen LogP contribution in [-0.4, -0.2) is 39.7 Å². The van der Waals surface area contributed by atoms with Crippen molar-refractivity contribution in [2.45, 2.75) is 45.0 Å². The number of aliphatic hydroxyl groups is 2. The summed E-state index contributed by atoms with van der Waals surface area (Å²) in [7, 11) is 0. The smallest absolute Gasteiger partial charge is 0.407 e. The topological polar surface area (TPSA) is 117 Å². The summed E-state index contributed by atoms with van der Waals surface area (Å²) in [5, 5.41) is 25.6. The molecule has 0 fully saturated rings. The number of alkyl carbamates (subject to hydrolysis) is 1. The van der Waals surface area contributed by atoms with Crippen LogP contribution < -0.4 is 16.4 Å². The number of amides is 1. The number of aliphatic hydroxyl groups excluding tert-OH is 2. The van der Waals surface area contributed by atoms with Crippen molar-refractivity contribution in [2.24, 2.45) is 5.73 Å². The highest BCUT2D eigenvalue weighted by Gasteiger charge is 2.20. The van der Waals surface area contributed by atoms with Gasteiger partial charge in [-0.15, -0.1) is 0 Å². The second-order valence-electron chi connectivity index (χ2n) is 6.34. The van der Waals surface area contributed by atoms with E-state index >= 15 is 0 Å². The Labute approximate surface area is 147 Å². The zero-order valence-electron chi connectivity index (χ0n) is 14.1. The molecule has 0 spiro atoms. The Bertz CT molecular complexity index is 557. The molecule has 0 heterocycles. The van der Waals surface area contributed by atoms with Gasteiger partial charge in [-0.2, -0.15) is 0 Å². The predicted octanol–water partition coefficient (Wildman–Crippen LogP) is 1.65. The average Bonchev–Trinajstić information content (AvgIpc) is 2.44. The van der Waals surface area contributed by atoms with Crippen LogP contribution in [0.1, 0.15) is 38.9 Å². The van der Waals surface area contributed by atoms with Crippen LogP contribution in [0.4, 0.5) is 10.5 Å². The van der Waals surface area contributed by atoms with Gasteiger partial charge >= 0.3 is 6.09 Å². The number of nitrogens with two attached hydrogens (primary N) is 1. The summed E-state index contributed by atoms with van der Waals surface area (Å²) < 4.78 is 5.09. The molecule has 134 valence electrons. The van der Waals surface area contributed by atoms with Crippen LogP contribution in [0.3, 0.4) is 0 Å². The van der Waals surface area contributed by atoms with Gasteiger partial charge in [0, 0.05) is 12.2 Å². The van der Waals surface area contributed by atoms with Gasteiger partial charge in [0.2, 0.25) is 0 Å². The average molecular weight is 355 g/mol. The van der Waals surface area contributed by atoms with Crippen LogP contribution in [0.2, 0.25) is 0 Å². The number of thiocarbonyl (C=S) groups is 1. The van der Waals surface area contributed by atoms with Crippen molar-refractivity contribution in [3.63, 3.8) is 0 Å². The first-order valence-electron chi connectivity index (χ1n) is 7.58. The summed E-state index contributed by atoms with van der Waals surface area (Å²) in [5.41, 5.74) is 6.04. The van der Waals surface area contributed by atoms with Gasteiger partial charge in [0.05, 0.1) is 6.10 Å². The van der Waals surface area contributed by atoms with Crippen molar-refractivity contribution in [3.05, 3.63) is 29.8 Å². The number of hydrogen-bond donors (Lipinski definition) is 5. The molecule has 6 N–H and O–H groups in total. The van der Waals surface area contributed by atoms with E-state index in [9.17, 15) is 15.0 Å². The van der Waals surface area contributed by atoms with Crippen molar-refractivity contribution in [1.29, 1.82) is 0 Å². The third-order valence-corrected chi connectivity index (χ3v) is 3.09. The molecule has 1 aromatic carbocycles. The van der Waals surface area contributed by atoms with Gasteiger partial charge in [-0.1, -0.05) is 12.1 Å². The molecule has 0 aliphatic carbocycles. The molecule has 0 aliphatic heterocycles. The predicted molar refractivity (Wildman–Crippen MR) is 96.7 cm³/mol. The first kappa shape index (κ1) is 20.1. The fourth-order valence-electron chi connectivity index (χ4n) is 1.92. The molecular weight excluding hydrogens is 330 g/mol. The largest absolute Gasteiger partial charge is 0.444 e. The van der Waals surface area contributed by atoms with Crippen molar-refractivity contribution < 1.29 is 19.7 Å². The lowest BCUT2D eigenvalue weighted by molar-refractivity contribution is 0.0123. The third kappa shape index (κ3) is 7.58. The van der Waals surface area contributed by atoms with Gasteiger partial charge in [0.1, 0.15) is 11.7 Å². The molecule has 0 saturated heterocycles. The van der Waals surface area contributed by atoms with E-state index in [1.54, 1.807) is 45.0 Å². The van der Waals surface area contributed by atoms with E-state index in [0.717, 1.165) is 0 Å². The minimum Gasteiger partial charge on any atom is -0.444 e. The Balaban J connectivity index is 2.45. The number of ether oxygens (including phenoxy) is 1. The number of carbonyl (C=O) groups is 1. The minimum absolute atomic E-state index is 0.150. The molecule has 0 aliphatic rings. The van der Waals surface area contributed by atoms with Crippen LogP contribution >= 0.6 is 12.2 Å². The molecule has 0 bridgehead atoms. The number of nitrogens with one attached hydrogen (secondary N) is 2. The molecule has 0 aromatic heterocycles. The summed E-state index contributed by atoms with van der Waals surface area (Å²) in [6, 6.07) is 6.72. The molecule has 2 atom stereocenters. The second-order valence-corrected chi connectivity index (χ2v) is 6.78. The molecule has 8 heteroatoms. The maximum atomic E-state index is 11.5. The molecule has 24 heavy (non-hydrogen) atoms. The van der Waals surface area contributed by atoms with Gasteiger partial charge in [0.15, 0.2) is 5.11 Å². The van der Waals surface area contributed by atoms with Crippen LogP contribution in [-0.2, 0) is 4.74 Å². The third-order valence-electron chi connectivity index (χ3n) is 2.99. The molecule has 2 unspecified atom stereocenters. The van der Waals surface area contributed by atoms with E-state index < -0.39 is 23.9 Å². The highest BCUT2D eigenvalue weighted by molar-refractivity contribution is 7.80. The molecule has 1 amide bonds. The van der Waals surface area contributed by atoms with E-state index in [2.05, 4.69) is 10.6 Å². The van der Waals surface area contributed by atoms with Gasteiger partial charge in [0.25, 0.3) is 0 Å². The summed E-state index contributed by atoms with van der Waals surface area (Å²) in [6.45, 7) is 5.48. The number of hydrogen-bond acceptors (Lipinski definition) is 5. The molecule has 1 aromatic rings. The van der Waals surface area contributed by atoms with Gasteiger partial charge in [-0.05, 0) is 57.1 Å². The first-order valence-corrected chi connectivity index (χ1v) is 7.98.